The summed E-state index contributed by atoms with van der Waals surface area (Å²) in [5, 5.41) is 6.36. The molecule has 3 nitrogen and oxygen atoms in total. The van der Waals surface area contributed by atoms with Gasteiger partial charge in [-0.2, -0.15) is 0 Å². The summed E-state index contributed by atoms with van der Waals surface area (Å²) >= 11 is 0. The average Bonchev–Trinajstić information content (AvgIpc) is 2.98. The summed E-state index contributed by atoms with van der Waals surface area (Å²) in [4.78, 5) is 11.9. The molecule has 1 aromatic rings. The standard InChI is InChI=1S/C15H20N2O/c18-15(9-11-3-1-2-4-11)17-13-5-6-14-12(10-13)7-8-16-14/h5-6,10-11,16H,1-4,7-9H2,(H,17,18). The minimum Gasteiger partial charge on any atom is -0.384 e. The van der Waals surface area contributed by atoms with Crippen LogP contribution in [0.5, 0.6) is 0 Å². The van der Waals surface area contributed by atoms with Crippen molar-refractivity contribution < 1.29 is 4.79 Å². The molecule has 0 spiro atoms. The van der Waals surface area contributed by atoms with Crippen molar-refractivity contribution in [3.63, 3.8) is 0 Å². The number of carbonyl (C=O) groups excluding carboxylic acids is 1. The number of nitrogens with one attached hydrogen (secondary N) is 2. The molecule has 0 unspecified atom stereocenters. The molecule has 2 N–H and O–H groups in total. The molecule has 1 aliphatic heterocycles. The maximum atomic E-state index is 11.9. The van der Waals surface area contributed by atoms with Gasteiger partial charge in [0.2, 0.25) is 5.91 Å². The SMILES string of the molecule is O=C(CC1CCCC1)Nc1ccc2c(c1)CCN2. The van der Waals surface area contributed by atoms with Crippen molar-refractivity contribution in [2.24, 2.45) is 5.92 Å². The average molecular weight is 244 g/mol. The maximum absolute atomic E-state index is 11.9. The summed E-state index contributed by atoms with van der Waals surface area (Å²) in [7, 11) is 0. The lowest BCUT2D eigenvalue weighted by molar-refractivity contribution is -0.117. The lowest BCUT2D eigenvalue weighted by Gasteiger charge is -2.10. The summed E-state index contributed by atoms with van der Waals surface area (Å²) in [6.45, 7) is 1.01. The van der Waals surface area contributed by atoms with E-state index < -0.39 is 0 Å². The minimum atomic E-state index is 0.174. The zero-order valence-electron chi connectivity index (χ0n) is 10.7. The minimum absolute atomic E-state index is 0.174. The van der Waals surface area contributed by atoms with Gasteiger partial charge in [0.05, 0.1) is 0 Å². The highest BCUT2D eigenvalue weighted by molar-refractivity contribution is 5.91. The Balaban J connectivity index is 1.60. The zero-order valence-corrected chi connectivity index (χ0v) is 10.7. The number of hydrogen-bond acceptors (Lipinski definition) is 2. The molecule has 0 bridgehead atoms. The van der Waals surface area contributed by atoms with Crippen molar-refractivity contribution in [3.8, 4) is 0 Å². The van der Waals surface area contributed by atoms with E-state index in [0.717, 1.165) is 18.7 Å². The number of benzene rings is 1. The van der Waals surface area contributed by atoms with E-state index in [9.17, 15) is 4.79 Å². The van der Waals surface area contributed by atoms with Gasteiger partial charge >= 0.3 is 0 Å². The van der Waals surface area contributed by atoms with Gasteiger partial charge in [0.15, 0.2) is 0 Å². The Bertz CT molecular complexity index is 450. The second kappa shape index (κ2) is 5.01. The first-order valence-corrected chi connectivity index (χ1v) is 6.98. The van der Waals surface area contributed by atoms with Gasteiger partial charge in [-0.25, -0.2) is 0 Å². The predicted molar refractivity (Wildman–Crippen MR) is 73.8 cm³/mol. The van der Waals surface area contributed by atoms with E-state index in [1.807, 2.05) is 6.07 Å². The third kappa shape index (κ3) is 2.50. The summed E-state index contributed by atoms with van der Waals surface area (Å²) in [6, 6.07) is 6.15. The van der Waals surface area contributed by atoms with E-state index in [1.54, 1.807) is 0 Å². The molecule has 0 atom stereocenters. The van der Waals surface area contributed by atoms with E-state index >= 15 is 0 Å². The van der Waals surface area contributed by atoms with Crippen LogP contribution < -0.4 is 10.6 Å². The van der Waals surface area contributed by atoms with Crippen molar-refractivity contribution >= 4 is 17.3 Å². The fourth-order valence-electron chi connectivity index (χ4n) is 3.07. The van der Waals surface area contributed by atoms with Crippen molar-refractivity contribution in [1.82, 2.24) is 0 Å². The Morgan fingerprint density at radius 1 is 1.33 bits per heavy atom. The zero-order chi connectivity index (χ0) is 12.4. The lowest BCUT2D eigenvalue weighted by Crippen LogP contribution is -2.15. The first-order valence-electron chi connectivity index (χ1n) is 6.98. The number of carbonyl (C=O) groups is 1. The van der Waals surface area contributed by atoms with Crippen LogP contribution >= 0.6 is 0 Å². The van der Waals surface area contributed by atoms with E-state index in [2.05, 4.69) is 22.8 Å². The van der Waals surface area contributed by atoms with Crippen LogP contribution in [0.2, 0.25) is 0 Å². The van der Waals surface area contributed by atoms with Gasteiger partial charge in [-0.05, 0) is 48.9 Å². The third-order valence-corrected chi connectivity index (χ3v) is 4.05. The third-order valence-electron chi connectivity index (χ3n) is 4.05. The molecule has 1 heterocycles. The number of anilines is 2. The number of amides is 1. The van der Waals surface area contributed by atoms with Crippen LogP contribution in [-0.2, 0) is 11.2 Å². The molecule has 96 valence electrons. The van der Waals surface area contributed by atoms with Crippen LogP contribution in [0.1, 0.15) is 37.7 Å². The Morgan fingerprint density at radius 2 is 2.17 bits per heavy atom. The molecule has 3 rings (SSSR count). The van der Waals surface area contributed by atoms with Crippen molar-refractivity contribution in [3.05, 3.63) is 23.8 Å². The lowest BCUT2D eigenvalue weighted by atomic mass is 10.0. The molecular formula is C15H20N2O. The molecule has 3 heteroatoms. The van der Waals surface area contributed by atoms with Crippen LogP contribution in [0.15, 0.2) is 18.2 Å². The number of fused-ring (bicyclic) bond motifs is 1. The van der Waals surface area contributed by atoms with Gasteiger partial charge in [-0.3, -0.25) is 4.79 Å². The first kappa shape index (κ1) is 11.6. The highest BCUT2D eigenvalue weighted by atomic mass is 16.1. The van der Waals surface area contributed by atoms with Crippen molar-refractivity contribution in [2.45, 2.75) is 38.5 Å². The second-order valence-electron chi connectivity index (χ2n) is 5.45. The molecule has 18 heavy (non-hydrogen) atoms. The van der Waals surface area contributed by atoms with Gasteiger partial charge < -0.3 is 10.6 Å². The van der Waals surface area contributed by atoms with Gasteiger partial charge in [-0.1, -0.05) is 12.8 Å². The monoisotopic (exact) mass is 244 g/mol. The molecule has 1 aromatic carbocycles. The summed E-state index contributed by atoms with van der Waals surface area (Å²) in [5.41, 5.74) is 3.47. The predicted octanol–water partition coefficient (Wildman–Crippen LogP) is 3.17. The van der Waals surface area contributed by atoms with Gasteiger partial charge in [-0.15, -0.1) is 0 Å². The van der Waals surface area contributed by atoms with Crippen LogP contribution in [0.3, 0.4) is 0 Å². The topological polar surface area (TPSA) is 41.1 Å². The van der Waals surface area contributed by atoms with Crippen LogP contribution in [0.4, 0.5) is 11.4 Å². The fourth-order valence-corrected chi connectivity index (χ4v) is 3.07. The summed E-state index contributed by atoms with van der Waals surface area (Å²) in [6.07, 6.45) is 6.78. The smallest absolute Gasteiger partial charge is 0.224 e. The molecular weight excluding hydrogens is 224 g/mol. The number of rotatable bonds is 3. The second-order valence-corrected chi connectivity index (χ2v) is 5.45. The fraction of sp³-hybridized carbons (Fsp3) is 0.533. The molecule has 2 aliphatic rings. The quantitative estimate of drug-likeness (QED) is 0.857. The van der Waals surface area contributed by atoms with E-state index in [1.165, 1.54) is 36.9 Å². The van der Waals surface area contributed by atoms with Crippen molar-refractivity contribution in [2.75, 3.05) is 17.2 Å². The molecule has 0 aromatic heterocycles. The van der Waals surface area contributed by atoms with E-state index in [4.69, 9.17) is 0 Å². The van der Waals surface area contributed by atoms with Crippen LogP contribution in [0, 0.1) is 5.92 Å². The molecule has 1 saturated carbocycles. The highest BCUT2D eigenvalue weighted by Gasteiger charge is 2.18. The largest absolute Gasteiger partial charge is 0.384 e. The Hall–Kier alpha value is -1.51. The highest BCUT2D eigenvalue weighted by Crippen LogP contribution is 2.29. The van der Waals surface area contributed by atoms with E-state index in [-0.39, 0.29) is 5.91 Å². The van der Waals surface area contributed by atoms with Crippen LogP contribution in [-0.4, -0.2) is 12.5 Å². The maximum Gasteiger partial charge on any atom is 0.224 e. The molecule has 1 fully saturated rings. The molecule has 1 amide bonds. The van der Waals surface area contributed by atoms with Gasteiger partial charge in [0, 0.05) is 24.3 Å². The summed E-state index contributed by atoms with van der Waals surface area (Å²) in [5.74, 6) is 0.786. The number of hydrogen-bond donors (Lipinski definition) is 2. The first-order chi connectivity index (χ1) is 8.81. The van der Waals surface area contributed by atoms with Gasteiger partial charge in [0.25, 0.3) is 0 Å². The normalized spacial score (nSPS) is 18.4. The Labute approximate surface area is 108 Å². The summed E-state index contributed by atoms with van der Waals surface area (Å²) < 4.78 is 0. The Morgan fingerprint density at radius 3 is 3.00 bits per heavy atom. The Kier molecular flexibility index (Phi) is 3.22. The van der Waals surface area contributed by atoms with Crippen molar-refractivity contribution in [1.29, 1.82) is 0 Å². The molecule has 0 radical (unpaired) electrons. The van der Waals surface area contributed by atoms with Crippen LogP contribution in [0.25, 0.3) is 0 Å². The van der Waals surface area contributed by atoms with E-state index in [0.29, 0.717) is 12.3 Å². The van der Waals surface area contributed by atoms with Gasteiger partial charge in [0.1, 0.15) is 0 Å². The molecule has 1 aliphatic carbocycles. The molecule has 0 saturated heterocycles.